The second kappa shape index (κ2) is 6.61. The molecule has 0 spiro atoms. The molecule has 0 aliphatic carbocycles. The van der Waals surface area contributed by atoms with Crippen LogP contribution in [0.5, 0.6) is 0 Å². The second-order valence-electron chi connectivity index (χ2n) is 4.82. The average molecular weight is 288 g/mol. The lowest BCUT2D eigenvalue weighted by Gasteiger charge is -2.15. The van der Waals surface area contributed by atoms with Crippen LogP contribution in [0, 0.1) is 6.92 Å². The summed E-state index contributed by atoms with van der Waals surface area (Å²) in [5.74, 6) is 0.805. The van der Waals surface area contributed by atoms with E-state index < -0.39 is 0 Å². The molecule has 1 N–H and O–H groups in total. The van der Waals surface area contributed by atoms with E-state index in [4.69, 9.17) is 0 Å². The van der Waals surface area contributed by atoms with Crippen LogP contribution in [-0.4, -0.2) is 30.5 Å². The average Bonchev–Trinajstić information content (AvgIpc) is 2.46. The molecule has 1 aromatic carbocycles. The lowest BCUT2D eigenvalue weighted by molar-refractivity contribution is 0.920. The summed E-state index contributed by atoms with van der Waals surface area (Å²) in [5, 5.41) is 12.5. The standard InChI is InChI=1S/C15H20N4S/c1-11-9-13(19(2)3)6-5-12(11)10-16-14-7-8-15(20-4)18-17-14/h5-9H,10H2,1-4H3,(H,16,17). The Bertz CT molecular complexity index is 567. The Morgan fingerprint density at radius 1 is 1.15 bits per heavy atom. The van der Waals surface area contributed by atoms with Gasteiger partial charge < -0.3 is 10.2 Å². The van der Waals surface area contributed by atoms with E-state index in [0.717, 1.165) is 17.4 Å². The number of anilines is 2. The summed E-state index contributed by atoms with van der Waals surface area (Å²) in [5.41, 5.74) is 3.76. The van der Waals surface area contributed by atoms with Gasteiger partial charge in [-0.1, -0.05) is 6.07 Å². The van der Waals surface area contributed by atoms with E-state index in [0.29, 0.717) is 0 Å². The van der Waals surface area contributed by atoms with Crippen molar-refractivity contribution in [2.45, 2.75) is 18.5 Å². The monoisotopic (exact) mass is 288 g/mol. The molecular weight excluding hydrogens is 268 g/mol. The Morgan fingerprint density at radius 3 is 2.50 bits per heavy atom. The van der Waals surface area contributed by atoms with Crippen molar-refractivity contribution in [2.24, 2.45) is 0 Å². The lowest BCUT2D eigenvalue weighted by atomic mass is 10.1. The molecule has 4 nitrogen and oxygen atoms in total. The van der Waals surface area contributed by atoms with Gasteiger partial charge in [0.1, 0.15) is 10.8 Å². The maximum Gasteiger partial charge on any atom is 0.148 e. The van der Waals surface area contributed by atoms with Crippen LogP contribution in [0.4, 0.5) is 11.5 Å². The van der Waals surface area contributed by atoms with Crippen LogP contribution in [0.25, 0.3) is 0 Å². The number of nitrogens with zero attached hydrogens (tertiary/aromatic N) is 3. The minimum atomic E-state index is 0.757. The molecular formula is C15H20N4S. The topological polar surface area (TPSA) is 41.0 Å². The molecule has 0 atom stereocenters. The highest BCUT2D eigenvalue weighted by atomic mass is 32.2. The molecule has 2 rings (SSSR count). The summed E-state index contributed by atoms with van der Waals surface area (Å²) in [4.78, 5) is 2.11. The van der Waals surface area contributed by atoms with E-state index in [9.17, 15) is 0 Å². The summed E-state index contributed by atoms with van der Waals surface area (Å²) >= 11 is 1.59. The summed E-state index contributed by atoms with van der Waals surface area (Å²) in [6, 6.07) is 10.4. The van der Waals surface area contributed by atoms with Gasteiger partial charge in [-0.25, -0.2) is 0 Å². The second-order valence-corrected chi connectivity index (χ2v) is 5.65. The quantitative estimate of drug-likeness (QED) is 0.856. The summed E-state index contributed by atoms with van der Waals surface area (Å²) < 4.78 is 0. The van der Waals surface area contributed by atoms with Gasteiger partial charge in [-0.3, -0.25) is 0 Å². The van der Waals surface area contributed by atoms with Crippen LogP contribution in [-0.2, 0) is 6.54 Å². The van der Waals surface area contributed by atoms with Crippen molar-refractivity contribution in [3.8, 4) is 0 Å². The molecule has 0 fully saturated rings. The number of nitrogens with one attached hydrogen (secondary N) is 1. The molecule has 0 aliphatic rings. The highest BCUT2D eigenvalue weighted by molar-refractivity contribution is 7.98. The number of aryl methyl sites for hydroxylation is 1. The molecule has 0 amide bonds. The van der Waals surface area contributed by atoms with Gasteiger partial charge in [0, 0.05) is 26.3 Å². The normalized spacial score (nSPS) is 10.4. The minimum Gasteiger partial charge on any atom is -0.378 e. The van der Waals surface area contributed by atoms with E-state index in [1.165, 1.54) is 16.8 Å². The maximum atomic E-state index is 4.15. The van der Waals surface area contributed by atoms with E-state index in [1.807, 2.05) is 18.4 Å². The number of hydrogen-bond donors (Lipinski definition) is 1. The van der Waals surface area contributed by atoms with Crippen LogP contribution < -0.4 is 10.2 Å². The zero-order valence-corrected chi connectivity index (χ0v) is 13.2. The molecule has 0 saturated carbocycles. The Kier molecular flexibility index (Phi) is 4.84. The fourth-order valence-corrected chi connectivity index (χ4v) is 2.19. The molecule has 5 heteroatoms. The number of rotatable bonds is 5. The third-order valence-corrected chi connectivity index (χ3v) is 3.79. The third kappa shape index (κ3) is 3.63. The van der Waals surface area contributed by atoms with Crippen molar-refractivity contribution >= 4 is 23.3 Å². The van der Waals surface area contributed by atoms with Gasteiger partial charge >= 0.3 is 0 Å². The first-order chi connectivity index (χ1) is 9.60. The van der Waals surface area contributed by atoms with Gasteiger partial charge in [0.05, 0.1) is 0 Å². The van der Waals surface area contributed by atoms with Gasteiger partial charge in [0.2, 0.25) is 0 Å². The SMILES string of the molecule is CSc1ccc(NCc2ccc(N(C)C)cc2C)nn1. The molecule has 20 heavy (non-hydrogen) atoms. The highest BCUT2D eigenvalue weighted by Gasteiger charge is 2.03. The first-order valence-electron chi connectivity index (χ1n) is 6.48. The van der Waals surface area contributed by atoms with E-state index >= 15 is 0 Å². The number of aromatic nitrogens is 2. The number of thioether (sulfide) groups is 1. The predicted octanol–water partition coefficient (Wildman–Crippen LogP) is 3.19. The van der Waals surface area contributed by atoms with Crippen LogP contribution in [0.1, 0.15) is 11.1 Å². The van der Waals surface area contributed by atoms with Crippen molar-refractivity contribution in [2.75, 3.05) is 30.6 Å². The van der Waals surface area contributed by atoms with E-state index in [1.54, 1.807) is 11.8 Å². The first kappa shape index (κ1) is 14.7. The van der Waals surface area contributed by atoms with Gasteiger partial charge in [-0.2, -0.15) is 0 Å². The largest absolute Gasteiger partial charge is 0.378 e. The fourth-order valence-electron chi connectivity index (χ4n) is 1.87. The molecule has 106 valence electrons. The summed E-state index contributed by atoms with van der Waals surface area (Å²) in [6.45, 7) is 2.89. The minimum absolute atomic E-state index is 0.757. The van der Waals surface area contributed by atoms with Crippen molar-refractivity contribution < 1.29 is 0 Å². The van der Waals surface area contributed by atoms with Gasteiger partial charge in [0.15, 0.2) is 0 Å². The highest BCUT2D eigenvalue weighted by Crippen LogP contribution is 2.18. The van der Waals surface area contributed by atoms with Crippen LogP contribution >= 0.6 is 11.8 Å². The van der Waals surface area contributed by atoms with E-state index in [2.05, 4.69) is 59.6 Å². The van der Waals surface area contributed by atoms with Crippen molar-refractivity contribution in [3.63, 3.8) is 0 Å². The van der Waals surface area contributed by atoms with Gasteiger partial charge in [-0.05, 0) is 48.6 Å². The Balaban J connectivity index is 2.03. The molecule has 0 unspecified atom stereocenters. The van der Waals surface area contributed by atoms with Crippen molar-refractivity contribution in [1.29, 1.82) is 0 Å². The zero-order chi connectivity index (χ0) is 14.5. The molecule has 1 heterocycles. The van der Waals surface area contributed by atoms with Crippen LogP contribution in [0.3, 0.4) is 0 Å². The van der Waals surface area contributed by atoms with Gasteiger partial charge in [0.25, 0.3) is 0 Å². The first-order valence-corrected chi connectivity index (χ1v) is 7.71. The number of hydrogen-bond acceptors (Lipinski definition) is 5. The van der Waals surface area contributed by atoms with Crippen LogP contribution in [0.2, 0.25) is 0 Å². The van der Waals surface area contributed by atoms with Gasteiger partial charge in [-0.15, -0.1) is 22.0 Å². The maximum absolute atomic E-state index is 4.15. The zero-order valence-electron chi connectivity index (χ0n) is 12.3. The molecule has 0 radical (unpaired) electrons. The smallest absolute Gasteiger partial charge is 0.148 e. The fraction of sp³-hybridized carbons (Fsp3) is 0.333. The van der Waals surface area contributed by atoms with Crippen molar-refractivity contribution in [1.82, 2.24) is 10.2 Å². The summed E-state index contributed by atoms with van der Waals surface area (Å²) in [6.07, 6.45) is 1.99. The Hall–Kier alpha value is -1.75. The molecule has 0 aliphatic heterocycles. The van der Waals surface area contributed by atoms with Crippen LogP contribution in [0.15, 0.2) is 35.4 Å². The third-order valence-electron chi connectivity index (χ3n) is 3.15. The molecule has 2 aromatic rings. The number of benzene rings is 1. The lowest BCUT2D eigenvalue weighted by Crippen LogP contribution is -2.10. The van der Waals surface area contributed by atoms with Crippen molar-refractivity contribution in [3.05, 3.63) is 41.5 Å². The molecule has 1 aromatic heterocycles. The molecule has 0 bridgehead atoms. The van der Waals surface area contributed by atoms with E-state index in [-0.39, 0.29) is 0 Å². The predicted molar refractivity (Wildman–Crippen MR) is 86.6 cm³/mol. The summed E-state index contributed by atoms with van der Waals surface area (Å²) in [7, 11) is 4.10. The Labute approximate surface area is 124 Å². The molecule has 0 saturated heterocycles. The Morgan fingerprint density at radius 2 is 1.95 bits per heavy atom.